The number of hydrogen-bond acceptors (Lipinski definition) is 1. The average molecular weight is 224 g/mol. The van der Waals surface area contributed by atoms with Crippen LogP contribution in [0.1, 0.15) is 12.0 Å². The van der Waals surface area contributed by atoms with E-state index in [9.17, 15) is 4.79 Å². The fraction of sp³-hybridized carbons (Fsp3) is 0.417. The molecule has 3 heteroatoms. The second-order valence-electron chi connectivity index (χ2n) is 3.85. The van der Waals surface area contributed by atoms with Gasteiger partial charge in [0, 0.05) is 5.69 Å². The fourth-order valence-corrected chi connectivity index (χ4v) is 1.75. The number of benzene rings is 1. The van der Waals surface area contributed by atoms with Crippen molar-refractivity contribution in [2.24, 2.45) is 0 Å². The van der Waals surface area contributed by atoms with E-state index in [1.165, 1.54) is 5.56 Å². The van der Waals surface area contributed by atoms with Gasteiger partial charge >= 0.3 is 0 Å². The maximum atomic E-state index is 11.5. The molecule has 0 aromatic heterocycles. The minimum absolute atomic E-state index is 0.111. The van der Waals surface area contributed by atoms with Crippen molar-refractivity contribution < 1.29 is 4.79 Å². The zero-order valence-corrected chi connectivity index (χ0v) is 10.4. The van der Waals surface area contributed by atoms with Crippen LogP contribution in [0.3, 0.4) is 0 Å². The third-order valence-corrected chi connectivity index (χ3v) is 3.09. The first-order valence-corrected chi connectivity index (χ1v) is 7.19. The Kier molecular flexibility index (Phi) is 4.69. The molecule has 0 heterocycles. The highest BCUT2D eigenvalue weighted by Crippen LogP contribution is 2.08. The van der Waals surface area contributed by atoms with E-state index in [4.69, 9.17) is 0 Å². The van der Waals surface area contributed by atoms with Crippen molar-refractivity contribution in [3.8, 4) is 0 Å². The molecule has 15 heavy (non-hydrogen) atoms. The number of amides is 1. The van der Waals surface area contributed by atoms with Crippen LogP contribution in [-0.4, -0.2) is 24.2 Å². The second-order valence-corrected chi connectivity index (χ2v) is 6.23. The fourth-order valence-electron chi connectivity index (χ4n) is 1.16. The summed E-state index contributed by atoms with van der Waals surface area (Å²) in [6.45, 7) is 2.03. The molecule has 0 radical (unpaired) electrons. The van der Waals surface area contributed by atoms with Crippen LogP contribution in [0.15, 0.2) is 24.3 Å². The molecule has 0 unspecified atom stereocenters. The highest BCUT2D eigenvalue weighted by molar-refractivity contribution is 7.95. The van der Waals surface area contributed by atoms with Crippen molar-refractivity contribution in [1.82, 2.24) is 0 Å². The van der Waals surface area contributed by atoms with Crippen LogP contribution in [0, 0.1) is 6.92 Å². The van der Waals surface area contributed by atoms with Crippen molar-refractivity contribution in [2.45, 2.75) is 13.3 Å². The lowest BCUT2D eigenvalue weighted by Crippen LogP contribution is -2.16. The Morgan fingerprint density at radius 3 is 2.40 bits per heavy atom. The van der Waals surface area contributed by atoms with E-state index in [2.05, 4.69) is 17.8 Å². The number of anilines is 1. The highest BCUT2D eigenvalue weighted by atomic mass is 32.2. The maximum Gasteiger partial charge on any atom is 0.229 e. The lowest BCUT2D eigenvalue weighted by molar-refractivity contribution is -0.115. The van der Waals surface area contributed by atoms with E-state index in [-0.39, 0.29) is 5.91 Å². The summed E-state index contributed by atoms with van der Waals surface area (Å²) in [5.41, 5.74) is 2.09. The first-order valence-electron chi connectivity index (χ1n) is 4.98. The summed E-state index contributed by atoms with van der Waals surface area (Å²) >= 11 is 0. The van der Waals surface area contributed by atoms with Crippen molar-refractivity contribution in [3.63, 3.8) is 0 Å². The molecule has 0 fully saturated rings. The summed E-state index contributed by atoms with van der Waals surface area (Å²) in [5.74, 6) is 1.08. The molecule has 0 aliphatic carbocycles. The first kappa shape index (κ1) is 12.1. The van der Waals surface area contributed by atoms with Gasteiger partial charge in [-0.3, -0.25) is 4.79 Å². The topological polar surface area (TPSA) is 29.1 Å². The lowest BCUT2D eigenvalue weighted by atomic mass is 10.2. The monoisotopic (exact) mass is 224 g/mol. The summed E-state index contributed by atoms with van der Waals surface area (Å²) in [5, 5.41) is 2.89. The lowest BCUT2D eigenvalue weighted by Gasteiger charge is -2.04. The number of hydrogen-bond donors (Lipinski definition) is 1. The van der Waals surface area contributed by atoms with Gasteiger partial charge in [-0.1, -0.05) is 17.7 Å². The number of carbonyl (C=O) groups is 1. The molecule has 1 amide bonds. The smallest absolute Gasteiger partial charge is 0.229 e. The predicted molar refractivity (Wildman–Crippen MR) is 68.5 cm³/mol. The quantitative estimate of drug-likeness (QED) is 0.781. The predicted octanol–water partition coefficient (Wildman–Crippen LogP) is 2.20. The van der Waals surface area contributed by atoms with E-state index in [1.54, 1.807) is 0 Å². The molecule has 0 atom stereocenters. The zero-order chi connectivity index (χ0) is 11.3. The molecule has 0 aliphatic rings. The number of rotatable bonds is 4. The van der Waals surface area contributed by atoms with Crippen molar-refractivity contribution in [1.29, 1.82) is 0 Å². The molecule has 2 nitrogen and oxygen atoms in total. The van der Waals surface area contributed by atoms with Crippen molar-refractivity contribution >= 4 is 22.5 Å². The molecule has 0 bridgehead atoms. The molecule has 0 spiro atoms. The average Bonchev–Trinajstić information content (AvgIpc) is 2.19. The van der Waals surface area contributed by atoms with Gasteiger partial charge in [0.2, 0.25) is 5.91 Å². The molecule has 82 valence electrons. The van der Waals surface area contributed by atoms with Gasteiger partial charge in [-0.2, -0.15) is 0 Å². The van der Waals surface area contributed by atoms with Gasteiger partial charge in [0.25, 0.3) is 0 Å². The molecule has 0 aliphatic heterocycles. The first-order chi connectivity index (χ1) is 7.08. The highest BCUT2D eigenvalue weighted by Gasteiger charge is 2.08. The number of aryl methyl sites for hydroxylation is 1. The van der Waals surface area contributed by atoms with Crippen molar-refractivity contribution in [3.05, 3.63) is 29.8 Å². The van der Waals surface area contributed by atoms with Crippen LogP contribution in [-0.2, 0) is 15.7 Å². The van der Waals surface area contributed by atoms with E-state index >= 15 is 0 Å². The van der Waals surface area contributed by atoms with Crippen LogP contribution in [0.25, 0.3) is 0 Å². The molecule has 1 N–H and O–H groups in total. The van der Waals surface area contributed by atoms with Crippen LogP contribution < -0.4 is 5.32 Å². The summed E-state index contributed by atoms with van der Waals surface area (Å²) in [6, 6.07) is 7.87. The van der Waals surface area contributed by atoms with Crippen molar-refractivity contribution in [2.75, 3.05) is 23.6 Å². The minimum atomic E-state index is 0.111. The molecular formula is C12H18NOS+. The molecule has 1 rings (SSSR count). The Morgan fingerprint density at radius 1 is 1.27 bits per heavy atom. The number of nitrogens with one attached hydrogen (secondary N) is 1. The largest absolute Gasteiger partial charge is 0.326 e. The van der Waals surface area contributed by atoms with Gasteiger partial charge in [-0.15, -0.1) is 0 Å². The molecule has 1 aromatic carbocycles. The Balaban J connectivity index is 2.41. The normalized spacial score (nSPS) is 10.4. The van der Waals surface area contributed by atoms with Crippen LogP contribution in [0.5, 0.6) is 0 Å². The Morgan fingerprint density at radius 2 is 1.87 bits per heavy atom. The Hall–Kier alpha value is -0.960. The van der Waals surface area contributed by atoms with Crippen LogP contribution in [0.4, 0.5) is 5.69 Å². The van der Waals surface area contributed by atoms with Gasteiger partial charge in [-0.05, 0) is 30.0 Å². The molecule has 1 aromatic rings. The standard InChI is InChI=1S/C12H17NOS/c1-10-4-6-11(7-5-10)13-12(14)8-9-15(2)3/h4-7H,8-9H2,1-3H3/p+1. The third kappa shape index (κ3) is 4.88. The van der Waals surface area contributed by atoms with E-state index in [1.807, 2.05) is 31.2 Å². The summed E-state index contributed by atoms with van der Waals surface area (Å²) in [4.78, 5) is 11.5. The van der Waals surface area contributed by atoms with Gasteiger partial charge in [0.15, 0.2) is 0 Å². The van der Waals surface area contributed by atoms with E-state index in [0.29, 0.717) is 17.3 Å². The van der Waals surface area contributed by atoms with E-state index < -0.39 is 0 Å². The van der Waals surface area contributed by atoms with Gasteiger partial charge < -0.3 is 5.32 Å². The molecular weight excluding hydrogens is 206 g/mol. The second kappa shape index (κ2) is 5.81. The maximum absolute atomic E-state index is 11.5. The Labute approximate surface area is 94.4 Å². The van der Waals surface area contributed by atoms with Gasteiger partial charge in [0.05, 0.1) is 18.9 Å². The summed E-state index contributed by atoms with van der Waals surface area (Å²) in [7, 11) is 0.341. The van der Waals surface area contributed by atoms with Gasteiger partial charge in [0.1, 0.15) is 5.75 Å². The Bertz CT molecular complexity index is 319. The van der Waals surface area contributed by atoms with E-state index in [0.717, 1.165) is 11.4 Å². The number of carbonyl (C=O) groups excluding carboxylic acids is 1. The van der Waals surface area contributed by atoms with Crippen LogP contribution in [0.2, 0.25) is 0 Å². The summed E-state index contributed by atoms with van der Waals surface area (Å²) < 4.78 is 0. The van der Waals surface area contributed by atoms with Gasteiger partial charge in [-0.25, -0.2) is 0 Å². The summed E-state index contributed by atoms with van der Waals surface area (Å²) in [6.07, 6.45) is 4.92. The minimum Gasteiger partial charge on any atom is -0.326 e. The zero-order valence-electron chi connectivity index (χ0n) is 9.54. The SMILES string of the molecule is Cc1ccc(NC(=O)CC[S+](C)C)cc1. The van der Waals surface area contributed by atoms with Crippen LogP contribution >= 0.6 is 0 Å². The third-order valence-electron chi connectivity index (χ3n) is 2.07. The molecule has 0 saturated heterocycles. The molecule has 0 saturated carbocycles.